The van der Waals surface area contributed by atoms with E-state index in [0.29, 0.717) is 22.9 Å². The van der Waals surface area contributed by atoms with Gasteiger partial charge in [-0.05, 0) is 37.5 Å². The minimum atomic E-state index is -0.371. The Labute approximate surface area is 106 Å². The molecule has 0 spiro atoms. The van der Waals surface area contributed by atoms with Crippen LogP contribution in [0, 0.1) is 12.3 Å². The summed E-state index contributed by atoms with van der Waals surface area (Å²) in [4.78, 5) is 12.4. The Hall–Kier alpha value is -1.06. The van der Waals surface area contributed by atoms with E-state index in [9.17, 15) is 4.79 Å². The number of aryl methyl sites for hydroxylation is 1. The fourth-order valence-electron chi connectivity index (χ4n) is 2.13. The Bertz CT molecular complexity index is 467. The van der Waals surface area contributed by atoms with Crippen molar-refractivity contribution in [1.82, 2.24) is 0 Å². The van der Waals surface area contributed by atoms with E-state index in [1.807, 2.05) is 6.92 Å². The van der Waals surface area contributed by atoms with E-state index >= 15 is 0 Å². The third kappa shape index (κ3) is 2.05. The van der Waals surface area contributed by atoms with Crippen molar-refractivity contribution in [2.24, 2.45) is 11.1 Å². The highest BCUT2D eigenvalue weighted by molar-refractivity contribution is 6.31. The molecule has 1 saturated carbocycles. The van der Waals surface area contributed by atoms with E-state index in [1.165, 1.54) is 0 Å². The van der Waals surface area contributed by atoms with Gasteiger partial charge in [-0.2, -0.15) is 0 Å². The lowest BCUT2D eigenvalue weighted by atomic mass is 9.93. The molecule has 0 aliphatic heterocycles. The summed E-state index contributed by atoms with van der Waals surface area (Å²) in [7, 11) is 1.56. The Morgan fingerprint density at radius 3 is 2.65 bits per heavy atom. The summed E-state index contributed by atoms with van der Waals surface area (Å²) in [6, 6.07) is 3.46. The van der Waals surface area contributed by atoms with E-state index in [0.717, 1.165) is 18.4 Å². The fraction of sp³-hybridized carbons (Fsp3) is 0.462. The number of Topliss-reactive ketones (excluding diaryl/α,β-unsaturated/α-hetero) is 1. The van der Waals surface area contributed by atoms with E-state index < -0.39 is 0 Å². The number of carbonyl (C=O) groups is 1. The van der Waals surface area contributed by atoms with Crippen LogP contribution in [0.15, 0.2) is 12.1 Å². The van der Waals surface area contributed by atoms with Gasteiger partial charge in [0, 0.05) is 17.0 Å². The molecule has 0 bridgehead atoms. The lowest BCUT2D eigenvalue weighted by molar-refractivity contribution is 0.0902. The van der Waals surface area contributed by atoms with Gasteiger partial charge in [0.1, 0.15) is 5.75 Å². The summed E-state index contributed by atoms with van der Waals surface area (Å²) in [6.07, 6.45) is 1.72. The van der Waals surface area contributed by atoms with Gasteiger partial charge in [-0.3, -0.25) is 4.79 Å². The van der Waals surface area contributed by atoms with Gasteiger partial charge in [0.15, 0.2) is 5.78 Å². The lowest BCUT2D eigenvalue weighted by Crippen LogP contribution is -2.25. The molecule has 0 atom stereocenters. The minimum Gasteiger partial charge on any atom is -0.496 e. The highest BCUT2D eigenvalue weighted by Crippen LogP contribution is 2.48. The van der Waals surface area contributed by atoms with Crippen molar-refractivity contribution in [1.29, 1.82) is 0 Å². The van der Waals surface area contributed by atoms with Gasteiger partial charge < -0.3 is 10.5 Å². The summed E-state index contributed by atoms with van der Waals surface area (Å²) in [5, 5.41) is 0.555. The molecule has 4 heteroatoms. The van der Waals surface area contributed by atoms with Crippen LogP contribution in [0.3, 0.4) is 0 Å². The van der Waals surface area contributed by atoms with Gasteiger partial charge in [-0.1, -0.05) is 11.6 Å². The molecule has 1 aliphatic rings. The third-order valence-corrected chi connectivity index (χ3v) is 3.63. The third-order valence-electron chi connectivity index (χ3n) is 3.41. The van der Waals surface area contributed by atoms with Gasteiger partial charge >= 0.3 is 0 Å². The van der Waals surface area contributed by atoms with Crippen LogP contribution in [0.4, 0.5) is 0 Å². The first kappa shape index (κ1) is 12.4. The number of rotatable bonds is 4. The molecule has 1 fully saturated rings. The monoisotopic (exact) mass is 253 g/mol. The van der Waals surface area contributed by atoms with Crippen LogP contribution >= 0.6 is 11.6 Å². The molecule has 0 amide bonds. The summed E-state index contributed by atoms with van der Waals surface area (Å²) in [5.41, 5.74) is 6.74. The summed E-state index contributed by atoms with van der Waals surface area (Å²) >= 11 is 6.00. The lowest BCUT2D eigenvalue weighted by Gasteiger charge is -2.16. The van der Waals surface area contributed by atoms with Crippen LogP contribution in [0.25, 0.3) is 0 Å². The molecule has 1 aromatic carbocycles. The Balaban J connectivity index is 2.47. The molecule has 92 valence electrons. The van der Waals surface area contributed by atoms with Crippen molar-refractivity contribution in [3.05, 3.63) is 28.3 Å². The second-order valence-electron chi connectivity index (χ2n) is 4.62. The Morgan fingerprint density at radius 1 is 1.53 bits per heavy atom. The van der Waals surface area contributed by atoms with Crippen LogP contribution in [-0.4, -0.2) is 19.4 Å². The fourth-order valence-corrected chi connectivity index (χ4v) is 2.40. The van der Waals surface area contributed by atoms with Crippen molar-refractivity contribution in [3.8, 4) is 5.75 Å². The van der Waals surface area contributed by atoms with Gasteiger partial charge in [0.25, 0.3) is 0 Å². The van der Waals surface area contributed by atoms with Crippen molar-refractivity contribution in [2.75, 3.05) is 13.7 Å². The van der Waals surface area contributed by atoms with Crippen LogP contribution in [-0.2, 0) is 0 Å². The predicted octanol–water partition coefficient (Wildman–Crippen LogP) is 2.58. The molecule has 0 aromatic heterocycles. The number of benzene rings is 1. The van der Waals surface area contributed by atoms with Gasteiger partial charge in [-0.25, -0.2) is 0 Å². The molecule has 0 saturated heterocycles. The predicted molar refractivity (Wildman–Crippen MR) is 67.8 cm³/mol. The van der Waals surface area contributed by atoms with Crippen LogP contribution in [0.5, 0.6) is 5.75 Å². The molecule has 17 heavy (non-hydrogen) atoms. The molecule has 0 unspecified atom stereocenters. The molecule has 2 rings (SSSR count). The average Bonchev–Trinajstić information content (AvgIpc) is 3.08. The number of hydrogen-bond acceptors (Lipinski definition) is 3. The zero-order valence-corrected chi connectivity index (χ0v) is 10.8. The van der Waals surface area contributed by atoms with E-state index in [-0.39, 0.29) is 11.2 Å². The number of halogens is 1. The molecular weight excluding hydrogens is 238 g/mol. The van der Waals surface area contributed by atoms with Crippen molar-refractivity contribution in [2.45, 2.75) is 19.8 Å². The van der Waals surface area contributed by atoms with Gasteiger partial charge in [0.05, 0.1) is 12.7 Å². The largest absolute Gasteiger partial charge is 0.496 e. The van der Waals surface area contributed by atoms with Crippen LogP contribution in [0.2, 0.25) is 5.02 Å². The Kier molecular flexibility index (Phi) is 3.15. The van der Waals surface area contributed by atoms with Crippen LogP contribution in [0.1, 0.15) is 28.8 Å². The summed E-state index contributed by atoms with van der Waals surface area (Å²) in [6.45, 7) is 2.27. The maximum atomic E-state index is 12.4. The topological polar surface area (TPSA) is 52.3 Å². The van der Waals surface area contributed by atoms with Crippen LogP contribution < -0.4 is 10.5 Å². The van der Waals surface area contributed by atoms with E-state index in [4.69, 9.17) is 22.1 Å². The second-order valence-corrected chi connectivity index (χ2v) is 5.05. The average molecular weight is 254 g/mol. The number of ketones is 1. The molecule has 1 aromatic rings. The van der Waals surface area contributed by atoms with E-state index in [1.54, 1.807) is 19.2 Å². The first-order chi connectivity index (χ1) is 8.04. The first-order valence-electron chi connectivity index (χ1n) is 5.63. The molecule has 2 N–H and O–H groups in total. The maximum Gasteiger partial charge on any atom is 0.174 e. The summed E-state index contributed by atoms with van der Waals surface area (Å²) in [5.74, 6) is 0.668. The SMILES string of the molecule is COc1c(C)cc(Cl)cc1C(=O)C1(CN)CC1. The van der Waals surface area contributed by atoms with Gasteiger partial charge in [0.2, 0.25) is 0 Å². The molecule has 3 nitrogen and oxygen atoms in total. The highest BCUT2D eigenvalue weighted by atomic mass is 35.5. The first-order valence-corrected chi connectivity index (χ1v) is 6.01. The number of carbonyl (C=O) groups excluding carboxylic acids is 1. The molecule has 0 radical (unpaired) electrons. The number of methoxy groups -OCH3 is 1. The zero-order chi connectivity index (χ0) is 12.6. The maximum absolute atomic E-state index is 12.4. The standard InChI is InChI=1S/C13H16ClNO2/c1-8-5-9(14)6-10(11(8)17-2)12(16)13(7-15)3-4-13/h5-6H,3-4,7,15H2,1-2H3. The highest BCUT2D eigenvalue weighted by Gasteiger charge is 2.49. The van der Waals surface area contributed by atoms with Gasteiger partial charge in [-0.15, -0.1) is 0 Å². The minimum absolute atomic E-state index is 0.0578. The smallest absolute Gasteiger partial charge is 0.174 e. The van der Waals surface area contributed by atoms with E-state index in [2.05, 4.69) is 0 Å². The molecule has 0 heterocycles. The summed E-state index contributed by atoms with van der Waals surface area (Å²) < 4.78 is 5.30. The second kappa shape index (κ2) is 4.31. The quantitative estimate of drug-likeness (QED) is 0.839. The number of ether oxygens (including phenoxy) is 1. The number of hydrogen-bond donors (Lipinski definition) is 1. The Morgan fingerprint density at radius 2 is 2.18 bits per heavy atom. The van der Waals surface area contributed by atoms with Crippen molar-refractivity contribution >= 4 is 17.4 Å². The molecular formula is C13H16ClNO2. The van der Waals surface area contributed by atoms with Crippen molar-refractivity contribution < 1.29 is 9.53 Å². The van der Waals surface area contributed by atoms with Crippen molar-refractivity contribution in [3.63, 3.8) is 0 Å². The zero-order valence-electron chi connectivity index (χ0n) is 10.0. The molecule has 1 aliphatic carbocycles. The number of nitrogens with two attached hydrogens (primary N) is 1. The normalized spacial score (nSPS) is 16.7.